The topological polar surface area (TPSA) is 43.4 Å². The molecule has 3 nitrogen and oxygen atoms in total. The molecule has 0 aliphatic rings. The Kier molecular flexibility index (Phi) is 4.23. The average Bonchev–Trinajstić information content (AvgIpc) is 2.28. The summed E-state index contributed by atoms with van der Waals surface area (Å²) in [5.74, 6) is -0.325. The zero-order chi connectivity index (χ0) is 12.1. The van der Waals surface area contributed by atoms with Crippen molar-refractivity contribution in [2.75, 3.05) is 6.61 Å². The van der Waals surface area contributed by atoms with Gasteiger partial charge in [0.2, 0.25) is 0 Å². The third-order valence-electron chi connectivity index (χ3n) is 2.45. The van der Waals surface area contributed by atoms with Gasteiger partial charge in [0.1, 0.15) is 0 Å². The van der Waals surface area contributed by atoms with Crippen LogP contribution in [0.3, 0.4) is 0 Å². The lowest BCUT2D eigenvalue weighted by Crippen LogP contribution is -2.10. The normalized spacial score (nSPS) is 9.94. The largest absolute Gasteiger partial charge is 0.462 e. The van der Waals surface area contributed by atoms with Crippen LogP contribution in [0, 0.1) is 6.92 Å². The molecule has 1 rings (SSSR count). The van der Waals surface area contributed by atoms with Crippen molar-refractivity contribution in [3.05, 3.63) is 34.9 Å². The second kappa shape index (κ2) is 5.45. The van der Waals surface area contributed by atoms with Crippen LogP contribution in [0.2, 0.25) is 0 Å². The minimum absolute atomic E-state index is 0.0450. The van der Waals surface area contributed by atoms with Gasteiger partial charge in [0.05, 0.1) is 12.2 Å². The van der Waals surface area contributed by atoms with E-state index in [4.69, 9.17) is 4.74 Å². The summed E-state index contributed by atoms with van der Waals surface area (Å²) in [6, 6.07) is 5.13. The number of esters is 1. The second-order valence-corrected chi connectivity index (χ2v) is 3.48. The van der Waals surface area contributed by atoms with Crippen LogP contribution in [0.25, 0.3) is 0 Å². The maximum Gasteiger partial charge on any atom is 0.338 e. The molecule has 3 heteroatoms. The van der Waals surface area contributed by atoms with E-state index in [1.54, 1.807) is 39.0 Å². The highest BCUT2D eigenvalue weighted by Crippen LogP contribution is 2.16. The fourth-order valence-electron chi connectivity index (χ4n) is 1.56. The van der Waals surface area contributed by atoms with Crippen molar-refractivity contribution >= 4 is 11.8 Å². The van der Waals surface area contributed by atoms with Gasteiger partial charge in [0, 0.05) is 12.0 Å². The van der Waals surface area contributed by atoms with Gasteiger partial charge in [-0.2, -0.15) is 0 Å². The van der Waals surface area contributed by atoms with Crippen molar-refractivity contribution in [3.8, 4) is 0 Å². The first-order valence-corrected chi connectivity index (χ1v) is 5.41. The number of rotatable bonds is 4. The molecule has 0 aromatic heterocycles. The molecule has 0 spiro atoms. The van der Waals surface area contributed by atoms with Crippen LogP contribution >= 0.6 is 0 Å². The van der Waals surface area contributed by atoms with Crippen molar-refractivity contribution in [1.82, 2.24) is 0 Å². The van der Waals surface area contributed by atoms with Gasteiger partial charge >= 0.3 is 5.97 Å². The molecule has 0 saturated heterocycles. The minimum Gasteiger partial charge on any atom is -0.462 e. The molecule has 0 N–H and O–H groups in total. The lowest BCUT2D eigenvalue weighted by atomic mass is 9.98. The molecule has 1 aromatic carbocycles. The van der Waals surface area contributed by atoms with Gasteiger partial charge in [0.15, 0.2) is 5.78 Å². The molecule has 0 atom stereocenters. The van der Waals surface area contributed by atoms with Gasteiger partial charge < -0.3 is 4.74 Å². The lowest BCUT2D eigenvalue weighted by Gasteiger charge is -2.08. The average molecular weight is 220 g/mol. The zero-order valence-electron chi connectivity index (χ0n) is 9.87. The number of ether oxygens (including phenoxy) is 1. The molecule has 0 amide bonds. The van der Waals surface area contributed by atoms with Crippen molar-refractivity contribution < 1.29 is 14.3 Å². The van der Waals surface area contributed by atoms with Crippen molar-refractivity contribution in [2.24, 2.45) is 0 Å². The molecule has 0 saturated carbocycles. The van der Waals surface area contributed by atoms with E-state index in [0.29, 0.717) is 29.7 Å². The summed E-state index contributed by atoms with van der Waals surface area (Å²) in [6.07, 6.45) is 0.438. The fourth-order valence-corrected chi connectivity index (χ4v) is 1.56. The van der Waals surface area contributed by atoms with Crippen LogP contribution in [0.15, 0.2) is 18.2 Å². The number of carbonyl (C=O) groups is 2. The summed E-state index contributed by atoms with van der Waals surface area (Å²) >= 11 is 0. The Hall–Kier alpha value is -1.64. The summed E-state index contributed by atoms with van der Waals surface area (Å²) in [7, 11) is 0. The number of Topliss-reactive ketones (excluding diaryl/α,β-unsaturated/α-hetero) is 1. The molecule has 0 fully saturated rings. The highest BCUT2D eigenvalue weighted by atomic mass is 16.5. The summed E-state index contributed by atoms with van der Waals surface area (Å²) in [5, 5.41) is 0. The molecular formula is C13H16O3. The van der Waals surface area contributed by atoms with Crippen molar-refractivity contribution in [3.63, 3.8) is 0 Å². The van der Waals surface area contributed by atoms with Crippen LogP contribution < -0.4 is 0 Å². The predicted molar refractivity (Wildman–Crippen MR) is 61.8 cm³/mol. The molecule has 86 valence electrons. The van der Waals surface area contributed by atoms with Gasteiger partial charge in [-0.15, -0.1) is 0 Å². The van der Waals surface area contributed by atoms with E-state index in [2.05, 4.69) is 0 Å². The van der Waals surface area contributed by atoms with Gasteiger partial charge in [-0.1, -0.05) is 19.1 Å². The standard InChI is InChI=1S/C13H16O3/c1-4-12(14)10-7-6-8-11(9(10)3)13(15)16-5-2/h6-8H,4-5H2,1-3H3. The van der Waals surface area contributed by atoms with Crippen LogP contribution in [0.1, 0.15) is 46.5 Å². The highest BCUT2D eigenvalue weighted by Gasteiger charge is 2.15. The van der Waals surface area contributed by atoms with Gasteiger partial charge in [-0.3, -0.25) is 4.79 Å². The molecule has 0 unspecified atom stereocenters. The Morgan fingerprint density at radius 2 is 1.81 bits per heavy atom. The Morgan fingerprint density at radius 3 is 2.38 bits per heavy atom. The van der Waals surface area contributed by atoms with E-state index in [9.17, 15) is 9.59 Å². The van der Waals surface area contributed by atoms with Gasteiger partial charge in [-0.25, -0.2) is 4.79 Å². The zero-order valence-corrected chi connectivity index (χ0v) is 9.87. The molecule has 0 bridgehead atoms. The first-order chi connectivity index (χ1) is 7.61. The molecule has 0 aliphatic carbocycles. The molecular weight excluding hydrogens is 204 g/mol. The summed E-state index contributed by atoms with van der Waals surface area (Å²) < 4.78 is 4.93. The third-order valence-corrected chi connectivity index (χ3v) is 2.45. The van der Waals surface area contributed by atoms with E-state index in [1.807, 2.05) is 0 Å². The van der Waals surface area contributed by atoms with E-state index in [-0.39, 0.29) is 11.8 Å². The number of benzene rings is 1. The monoisotopic (exact) mass is 220 g/mol. The fraction of sp³-hybridized carbons (Fsp3) is 0.385. The highest BCUT2D eigenvalue weighted by molar-refractivity contribution is 6.01. The van der Waals surface area contributed by atoms with Crippen LogP contribution in [0.4, 0.5) is 0 Å². The van der Waals surface area contributed by atoms with Crippen LogP contribution in [0.5, 0.6) is 0 Å². The second-order valence-electron chi connectivity index (χ2n) is 3.48. The smallest absolute Gasteiger partial charge is 0.338 e. The van der Waals surface area contributed by atoms with E-state index in [0.717, 1.165) is 0 Å². The summed E-state index contributed by atoms with van der Waals surface area (Å²) in [6.45, 7) is 5.67. The quantitative estimate of drug-likeness (QED) is 0.579. The molecule has 1 aromatic rings. The van der Waals surface area contributed by atoms with Crippen LogP contribution in [-0.2, 0) is 4.74 Å². The number of carbonyl (C=O) groups excluding carboxylic acids is 2. The Morgan fingerprint density at radius 1 is 1.19 bits per heavy atom. The van der Waals surface area contributed by atoms with E-state index >= 15 is 0 Å². The maximum atomic E-state index is 11.6. The lowest BCUT2D eigenvalue weighted by molar-refractivity contribution is 0.0525. The van der Waals surface area contributed by atoms with Gasteiger partial charge in [0.25, 0.3) is 0 Å². The van der Waals surface area contributed by atoms with E-state index < -0.39 is 0 Å². The third kappa shape index (κ3) is 2.48. The summed E-state index contributed by atoms with van der Waals surface area (Å²) in [5.41, 5.74) is 1.78. The Labute approximate surface area is 95.4 Å². The number of hydrogen-bond donors (Lipinski definition) is 0. The SMILES string of the molecule is CCOC(=O)c1cccc(C(=O)CC)c1C. The van der Waals surface area contributed by atoms with Crippen LogP contribution in [-0.4, -0.2) is 18.4 Å². The first-order valence-electron chi connectivity index (χ1n) is 5.41. The summed E-state index contributed by atoms with van der Waals surface area (Å²) in [4.78, 5) is 23.2. The number of hydrogen-bond acceptors (Lipinski definition) is 3. The minimum atomic E-state index is -0.370. The van der Waals surface area contributed by atoms with Gasteiger partial charge in [-0.05, 0) is 25.5 Å². The molecule has 0 aliphatic heterocycles. The predicted octanol–water partition coefficient (Wildman–Crippen LogP) is 2.76. The molecule has 0 heterocycles. The Bertz CT molecular complexity index is 408. The van der Waals surface area contributed by atoms with Crippen molar-refractivity contribution in [2.45, 2.75) is 27.2 Å². The molecule has 16 heavy (non-hydrogen) atoms. The first kappa shape index (κ1) is 12.4. The van der Waals surface area contributed by atoms with E-state index in [1.165, 1.54) is 0 Å². The Balaban J connectivity index is 3.13. The molecule has 0 radical (unpaired) electrons. The van der Waals surface area contributed by atoms with Crippen molar-refractivity contribution in [1.29, 1.82) is 0 Å². The number of ketones is 1. The maximum absolute atomic E-state index is 11.6.